The first kappa shape index (κ1) is 23.7. The molecule has 2 aromatic rings. The summed E-state index contributed by atoms with van der Waals surface area (Å²) < 4.78 is 0. The second-order valence-electron chi connectivity index (χ2n) is 8.09. The van der Waals surface area contributed by atoms with Gasteiger partial charge in [-0.05, 0) is 31.9 Å². The number of nitrogens with zero attached hydrogens (tertiary/aromatic N) is 4. The molecule has 172 valence electrons. The van der Waals surface area contributed by atoms with Crippen molar-refractivity contribution in [2.75, 3.05) is 31.5 Å². The van der Waals surface area contributed by atoms with Crippen LogP contribution >= 0.6 is 11.3 Å². The number of para-hydroxylation sites is 1. The van der Waals surface area contributed by atoms with Crippen molar-refractivity contribution in [3.8, 4) is 0 Å². The number of thiazole rings is 1. The summed E-state index contributed by atoms with van der Waals surface area (Å²) in [6.45, 7) is 9.93. The molecule has 1 N–H and O–H groups in total. The van der Waals surface area contributed by atoms with Crippen molar-refractivity contribution < 1.29 is 14.4 Å². The molecule has 0 radical (unpaired) electrons. The Kier molecular flexibility index (Phi) is 7.84. The van der Waals surface area contributed by atoms with Gasteiger partial charge in [-0.3, -0.25) is 9.59 Å². The van der Waals surface area contributed by atoms with Crippen LogP contribution < -0.4 is 5.32 Å². The van der Waals surface area contributed by atoms with E-state index in [4.69, 9.17) is 0 Å². The molecule has 0 bridgehead atoms. The highest BCUT2D eigenvalue weighted by atomic mass is 32.1. The van der Waals surface area contributed by atoms with E-state index >= 15 is 0 Å². The molecule has 1 aromatic carbocycles. The van der Waals surface area contributed by atoms with Crippen LogP contribution in [0.2, 0.25) is 0 Å². The zero-order valence-electron chi connectivity index (χ0n) is 19.1. The normalized spacial score (nSPS) is 13.9. The van der Waals surface area contributed by atoms with E-state index in [0.717, 1.165) is 17.7 Å². The Bertz CT molecular complexity index is 966. The zero-order chi connectivity index (χ0) is 23.3. The van der Waals surface area contributed by atoms with Gasteiger partial charge < -0.3 is 20.0 Å². The highest BCUT2D eigenvalue weighted by molar-refractivity contribution is 7.09. The molecule has 1 fully saturated rings. The Morgan fingerprint density at radius 2 is 1.78 bits per heavy atom. The van der Waals surface area contributed by atoms with Crippen molar-refractivity contribution >= 4 is 34.9 Å². The summed E-state index contributed by atoms with van der Waals surface area (Å²) >= 11 is 1.38. The molecule has 0 unspecified atom stereocenters. The Balaban J connectivity index is 1.64. The monoisotopic (exact) mass is 457 g/mol. The molecule has 1 saturated heterocycles. The first-order chi connectivity index (χ1) is 15.3. The molecule has 3 rings (SSSR count). The molecule has 4 amide bonds. The van der Waals surface area contributed by atoms with Crippen molar-refractivity contribution in [2.45, 2.75) is 46.7 Å². The third-order valence-electron chi connectivity index (χ3n) is 5.61. The lowest BCUT2D eigenvalue weighted by Crippen LogP contribution is -2.50. The summed E-state index contributed by atoms with van der Waals surface area (Å²) in [5.41, 5.74) is 2.28. The fraction of sp³-hybridized carbons (Fsp3) is 0.478. The molecule has 1 aromatic heterocycles. The van der Waals surface area contributed by atoms with Gasteiger partial charge in [0.25, 0.3) is 5.91 Å². The Labute approximate surface area is 193 Å². The van der Waals surface area contributed by atoms with Crippen LogP contribution in [0, 0.1) is 0 Å². The minimum Gasteiger partial charge on any atom is -0.339 e. The van der Waals surface area contributed by atoms with Gasteiger partial charge in [-0.25, -0.2) is 9.78 Å². The summed E-state index contributed by atoms with van der Waals surface area (Å²) in [6, 6.07) is 7.55. The maximum atomic E-state index is 13.0. The molecule has 0 spiro atoms. The second kappa shape index (κ2) is 10.6. The molecule has 1 aliphatic heterocycles. The van der Waals surface area contributed by atoms with E-state index in [-0.39, 0.29) is 23.9 Å². The van der Waals surface area contributed by atoms with E-state index in [1.54, 1.807) is 27.0 Å². The van der Waals surface area contributed by atoms with Crippen molar-refractivity contribution in [2.24, 2.45) is 0 Å². The average molecular weight is 458 g/mol. The summed E-state index contributed by atoms with van der Waals surface area (Å²) in [5, 5.41) is 5.47. The fourth-order valence-corrected chi connectivity index (χ4v) is 4.41. The predicted octanol–water partition coefficient (Wildman–Crippen LogP) is 3.45. The van der Waals surface area contributed by atoms with Crippen LogP contribution in [-0.2, 0) is 17.8 Å². The Hall–Kier alpha value is -2.94. The maximum Gasteiger partial charge on any atom is 0.322 e. The first-order valence-corrected chi connectivity index (χ1v) is 11.8. The number of anilines is 1. The molecule has 0 atom stereocenters. The third-order valence-corrected chi connectivity index (χ3v) is 6.45. The van der Waals surface area contributed by atoms with Crippen molar-refractivity contribution in [1.29, 1.82) is 0 Å². The minimum atomic E-state index is -0.190. The molecule has 1 aliphatic rings. The van der Waals surface area contributed by atoms with Crippen LogP contribution in [0.25, 0.3) is 0 Å². The number of hydrogen-bond donors (Lipinski definition) is 1. The molecule has 2 heterocycles. The molecule has 9 heteroatoms. The van der Waals surface area contributed by atoms with Crippen molar-refractivity contribution in [3.63, 3.8) is 0 Å². The number of urea groups is 1. The minimum absolute atomic E-state index is 0.0293. The van der Waals surface area contributed by atoms with Gasteiger partial charge in [0.15, 0.2) is 0 Å². The van der Waals surface area contributed by atoms with Crippen LogP contribution in [0.5, 0.6) is 0 Å². The van der Waals surface area contributed by atoms with Gasteiger partial charge in [-0.2, -0.15) is 0 Å². The van der Waals surface area contributed by atoms with E-state index in [2.05, 4.69) is 17.2 Å². The van der Waals surface area contributed by atoms with Gasteiger partial charge in [-0.15, -0.1) is 11.3 Å². The van der Waals surface area contributed by atoms with Gasteiger partial charge in [0, 0.05) is 50.2 Å². The number of carbonyl (C=O) groups excluding carboxylic acids is 3. The highest BCUT2D eigenvalue weighted by Gasteiger charge is 2.26. The second-order valence-corrected chi connectivity index (χ2v) is 9.03. The standard InChI is InChI=1S/C23H31N5O3S/c1-5-18-8-6-7-9-19(18)25-23(31)28(16(2)3)14-21-24-20(15-32-21)22(30)27-12-10-26(11-13-27)17(4)29/h6-9,15-16H,5,10-14H2,1-4H3,(H,25,31). The predicted molar refractivity (Wildman–Crippen MR) is 126 cm³/mol. The number of aryl methyl sites for hydroxylation is 1. The van der Waals surface area contributed by atoms with Gasteiger partial charge in [0.1, 0.15) is 10.7 Å². The quantitative estimate of drug-likeness (QED) is 0.720. The van der Waals surface area contributed by atoms with Crippen LogP contribution in [0.3, 0.4) is 0 Å². The highest BCUT2D eigenvalue weighted by Crippen LogP contribution is 2.20. The lowest BCUT2D eigenvalue weighted by atomic mass is 10.1. The average Bonchev–Trinajstić information content (AvgIpc) is 3.26. The SMILES string of the molecule is CCc1ccccc1NC(=O)N(Cc1nc(C(=O)N2CCN(C(C)=O)CC2)cs1)C(C)C. The number of hydrogen-bond acceptors (Lipinski definition) is 5. The largest absolute Gasteiger partial charge is 0.339 e. The molecule has 8 nitrogen and oxygen atoms in total. The number of carbonyl (C=O) groups is 3. The number of aromatic nitrogens is 1. The van der Waals surface area contributed by atoms with Crippen LogP contribution in [0.1, 0.15) is 48.8 Å². The number of rotatable bonds is 6. The van der Waals surface area contributed by atoms with Crippen molar-refractivity contribution in [3.05, 3.63) is 45.9 Å². The zero-order valence-corrected chi connectivity index (χ0v) is 19.9. The van der Waals surface area contributed by atoms with Crippen LogP contribution in [0.4, 0.5) is 10.5 Å². The van der Waals surface area contributed by atoms with E-state index in [1.165, 1.54) is 11.3 Å². The van der Waals surface area contributed by atoms with E-state index in [9.17, 15) is 14.4 Å². The van der Waals surface area contributed by atoms with E-state index < -0.39 is 0 Å². The molecule has 0 saturated carbocycles. The summed E-state index contributed by atoms with van der Waals surface area (Å²) in [5.74, 6) is -0.102. The summed E-state index contributed by atoms with van der Waals surface area (Å²) in [4.78, 5) is 47.0. The number of nitrogens with one attached hydrogen (secondary N) is 1. The third kappa shape index (κ3) is 5.64. The number of piperazine rings is 1. The maximum absolute atomic E-state index is 13.0. The first-order valence-electron chi connectivity index (χ1n) is 10.9. The van der Waals surface area contributed by atoms with Crippen LogP contribution in [0.15, 0.2) is 29.6 Å². The fourth-order valence-electron chi connectivity index (χ4n) is 3.64. The van der Waals surface area contributed by atoms with Gasteiger partial charge in [0.2, 0.25) is 5.91 Å². The van der Waals surface area contributed by atoms with E-state index in [0.29, 0.717) is 43.4 Å². The number of benzene rings is 1. The summed E-state index contributed by atoms with van der Waals surface area (Å²) in [6.07, 6.45) is 0.830. The lowest BCUT2D eigenvalue weighted by molar-refractivity contribution is -0.130. The summed E-state index contributed by atoms with van der Waals surface area (Å²) in [7, 11) is 0. The molecular weight excluding hydrogens is 426 g/mol. The molecular formula is C23H31N5O3S. The molecule has 32 heavy (non-hydrogen) atoms. The smallest absolute Gasteiger partial charge is 0.322 e. The van der Waals surface area contributed by atoms with Gasteiger partial charge in [0.05, 0.1) is 6.54 Å². The van der Waals surface area contributed by atoms with E-state index in [1.807, 2.05) is 38.1 Å². The van der Waals surface area contributed by atoms with Crippen molar-refractivity contribution in [1.82, 2.24) is 19.7 Å². The lowest BCUT2D eigenvalue weighted by Gasteiger charge is -2.33. The number of amides is 4. The Morgan fingerprint density at radius 1 is 1.12 bits per heavy atom. The van der Waals surface area contributed by atoms with Gasteiger partial charge >= 0.3 is 6.03 Å². The van der Waals surface area contributed by atoms with Gasteiger partial charge in [-0.1, -0.05) is 25.1 Å². The van der Waals surface area contributed by atoms with Crippen LogP contribution in [-0.4, -0.2) is 69.8 Å². The Morgan fingerprint density at radius 3 is 2.41 bits per heavy atom. The molecule has 0 aliphatic carbocycles. The topological polar surface area (TPSA) is 85.8 Å².